The van der Waals surface area contributed by atoms with Crippen molar-refractivity contribution in [2.75, 3.05) is 26.7 Å². The van der Waals surface area contributed by atoms with Crippen LogP contribution in [0, 0.1) is 10.8 Å². The number of ether oxygens (including phenoxy) is 1. The summed E-state index contributed by atoms with van der Waals surface area (Å²) >= 11 is 0. The first-order valence-electron chi connectivity index (χ1n) is 7.45. The van der Waals surface area contributed by atoms with Gasteiger partial charge in [-0.3, -0.25) is 4.79 Å². The van der Waals surface area contributed by atoms with Crippen LogP contribution in [0.2, 0.25) is 0 Å². The SMILES string of the molecule is CCN(CC)CCC(C)(C)CC(C)(C)CC(=O)OC. The zero-order chi connectivity index (χ0) is 15.1. The van der Waals surface area contributed by atoms with Crippen molar-refractivity contribution in [3.63, 3.8) is 0 Å². The molecule has 3 nitrogen and oxygen atoms in total. The topological polar surface area (TPSA) is 29.5 Å². The minimum atomic E-state index is -0.107. The van der Waals surface area contributed by atoms with Gasteiger partial charge in [0.15, 0.2) is 0 Å². The Morgan fingerprint density at radius 2 is 1.58 bits per heavy atom. The van der Waals surface area contributed by atoms with Crippen LogP contribution >= 0.6 is 0 Å². The van der Waals surface area contributed by atoms with Crippen LogP contribution in [-0.4, -0.2) is 37.6 Å². The van der Waals surface area contributed by atoms with Crippen molar-refractivity contribution in [2.45, 2.75) is 60.8 Å². The monoisotopic (exact) mass is 271 g/mol. The molecule has 0 rings (SSSR count). The van der Waals surface area contributed by atoms with Gasteiger partial charge >= 0.3 is 5.97 Å². The summed E-state index contributed by atoms with van der Waals surface area (Å²) in [5.41, 5.74) is 0.250. The van der Waals surface area contributed by atoms with Crippen LogP contribution in [-0.2, 0) is 9.53 Å². The number of nitrogens with zero attached hydrogens (tertiary/aromatic N) is 1. The van der Waals surface area contributed by atoms with E-state index in [0.717, 1.165) is 26.1 Å². The summed E-state index contributed by atoms with van der Waals surface area (Å²) in [5.74, 6) is -0.107. The molecule has 114 valence electrons. The summed E-state index contributed by atoms with van der Waals surface area (Å²) in [7, 11) is 1.46. The van der Waals surface area contributed by atoms with E-state index >= 15 is 0 Å². The third-order valence-corrected chi connectivity index (χ3v) is 3.81. The highest BCUT2D eigenvalue weighted by atomic mass is 16.5. The van der Waals surface area contributed by atoms with Gasteiger partial charge in [-0.15, -0.1) is 0 Å². The molecule has 0 amide bonds. The van der Waals surface area contributed by atoms with E-state index in [2.05, 4.69) is 46.4 Å². The molecule has 0 saturated heterocycles. The number of esters is 1. The summed E-state index contributed by atoms with van der Waals surface area (Å²) in [6.07, 6.45) is 2.70. The number of rotatable bonds is 9. The van der Waals surface area contributed by atoms with E-state index in [4.69, 9.17) is 4.74 Å². The van der Waals surface area contributed by atoms with E-state index in [1.54, 1.807) is 0 Å². The molecule has 0 bridgehead atoms. The second-order valence-electron chi connectivity index (χ2n) is 7.03. The molecule has 0 spiro atoms. The lowest BCUT2D eigenvalue weighted by Gasteiger charge is -2.35. The maximum Gasteiger partial charge on any atom is 0.306 e. The molecule has 0 radical (unpaired) electrons. The molecule has 0 aromatic rings. The number of carbonyl (C=O) groups is 1. The van der Waals surface area contributed by atoms with E-state index < -0.39 is 0 Å². The maximum atomic E-state index is 11.4. The van der Waals surface area contributed by atoms with Gasteiger partial charge in [0.05, 0.1) is 13.5 Å². The van der Waals surface area contributed by atoms with E-state index in [1.807, 2.05) is 0 Å². The van der Waals surface area contributed by atoms with Crippen LogP contribution in [0.15, 0.2) is 0 Å². The fourth-order valence-electron chi connectivity index (χ4n) is 2.91. The molecule has 3 heteroatoms. The van der Waals surface area contributed by atoms with Gasteiger partial charge in [0.1, 0.15) is 0 Å². The van der Waals surface area contributed by atoms with Gasteiger partial charge in [0, 0.05) is 0 Å². The predicted octanol–water partition coefficient (Wildman–Crippen LogP) is 3.72. The Bertz CT molecular complexity index is 268. The molecule has 0 unspecified atom stereocenters. The average molecular weight is 271 g/mol. The molecule has 0 aliphatic heterocycles. The second-order valence-corrected chi connectivity index (χ2v) is 7.03. The maximum absolute atomic E-state index is 11.4. The third kappa shape index (κ3) is 8.25. The van der Waals surface area contributed by atoms with E-state index in [9.17, 15) is 4.79 Å². The van der Waals surface area contributed by atoms with E-state index in [1.165, 1.54) is 13.5 Å². The number of hydrogen-bond donors (Lipinski definition) is 0. The summed E-state index contributed by atoms with van der Waals surface area (Å²) in [6.45, 7) is 16.7. The number of carbonyl (C=O) groups excluding carboxylic acids is 1. The fraction of sp³-hybridized carbons (Fsp3) is 0.938. The van der Waals surface area contributed by atoms with Crippen molar-refractivity contribution in [2.24, 2.45) is 10.8 Å². The van der Waals surface area contributed by atoms with Gasteiger partial charge in [-0.1, -0.05) is 41.5 Å². The lowest BCUT2D eigenvalue weighted by molar-refractivity contribution is -0.143. The van der Waals surface area contributed by atoms with Crippen molar-refractivity contribution >= 4 is 5.97 Å². The molecule has 0 aliphatic carbocycles. The smallest absolute Gasteiger partial charge is 0.306 e. The molecule has 0 aromatic heterocycles. The van der Waals surface area contributed by atoms with Crippen LogP contribution in [0.4, 0.5) is 0 Å². The molecule has 0 atom stereocenters. The number of methoxy groups -OCH3 is 1. The molecular formula is C16H33NO2. The van der Waals surface area contributed by atoms with Crippen molar-refractivity contribution in [1.82, 2.24) is 4.90 Å². The summed E-state index contributed by atoms with van der Waals surface area (Å²) < 4.78 is 4.79. The Morgan fingerprint density at radius 1 is 1.05 bits per heavy atom. The minimum Gasteiger partial charge on any atom is -0.469 e. The van der Waals surface area contributed by atoms with Gasteiger partial charge < -0.3 is 9.64 Å². The normalized spacial score (nSPS) is 12.8. The highest BCUT2D eigenvalue weighted by Crippen LogP contribution is 2.38. The predicted molar refractivity (Wildman–Crippen MR) is 81.2 cm³/mol. The van der Waals surface area contributed by atoms with Gasteiger partial charge in [-0.2, -0.15) is 0 Å². The summed E-state index contributed by atoms with van der Waals surface area (Å²) in [6, 6.07) is 0. The van der Waals surface area contributed by atoms with E-state index in [-0.39, 0.29) is 16.8 Å². The highest BCUT2D eigenvalue weighted by Gasteiger charge is 2.31. The van der Waals surface area contributed by atoms with Crippen LogP contribution in [0.3, 0.4) is 0 Å². The molecule has 0 heterocycles. The molecule has 0 aliphatic rings. The standard InChI is InChI=1S/C16H33NO2/c1-8-17(9-2)11-10-15(3,4)13-16(5,6)12-14(18)19-7/h8-13H2,1-7H3. The Morgan fingerprint density at radius 3 is 2.00 bits per heavy atom. The Balaban J connectivity index is 4.37. The van der Waals surface area contributed by atoms with E-state index in [0.29, 0.717) is 6.42 Å². The average Bonchev–Trinajstić information content (AvgIpc) is 2.27. The lowest BCUT2D eigenvalue weighted by atomic mass is 9.72. The lowest BCUT2D eigenvalue weighted by Crippen LogP contribution is -2.31. The molecule has 0 fully saturated rings. The summed E-state index contributed by atoms with van der Waals surface area (Å²) in [5, 5.41) is 0. The quantitative estimate of drug-likeness (QED) is 0.599. The minimum absolute atomic E-state index is 0.000146. The largest absolute Gasteiger partial charge is 0.469 e. The fourth-order valence-corrected chi connectivity index (χ4v) is 2.91. The van der Waals surface area contributed by atoms with Gasteiger partial charge in [-0.25, -0.2) is 0 Å². The molecular weight excluding hydrogens is 238 g/mol. The van der Waals surface area contributed by atoms with Gasteiger partial charge in [0.25, 0.3) is 0 Å². The van der Waals surface area contributed by atoms with Crippen molar-refractivity contribution < 1.29 is 9.53 Å². The van der Waals surface area contributed by atoms with Gasteiger partial charge in [-0.05, 0) is 43.3 Å². The second kappa shape index (κ2) is 7.88. The third-order valence-electron chi connectivity index (χ3n) is 3.81. The Hall–Kier alpha value is -0.570. The van der Waals surface area contributed by atoms with Crippen LogP contribution < -0.4 is 0 Å². The molecule has 19 heavy (non-hydrogen) atoms. The van der Waals surface area contributed by atoms with Crippen LogP contribution in [0.25, 0.3) is 0 Å². The molecule has 0 N–H and O–H groups in total. The Labute approximate surface area is 119 Å². The van der Waals surface area contributed by atoms with Crippen molar-refractivity contribution in [3.05, 3.63) is 0 Å². The highest BCUT2D eigenvalue weighted by molar-refractivity contribution is 5.69. The molecule has 0 aromatic carbocycles. The number of hydrogen-bond acceptors (Lipinski definition) is 3. The molecule has 0 saturated carbocycles. The Kier molecular flexibility index (Phi) is 7.65. The van der Waals surface area contributed by atoms with Crippen LogP contribution in [0.1, 0.15) is 60.8 Å². The first-order valence-corrected chi connectivity index (χ1v) is 7.45. The first-order chi connectivity index (χ1) is 8.65. The summed E-state index contributed by atoms with van der Waals surface area (Å²) in [4.78, 5) is 13.9. The van der Waals surface area contributed by atoms with Crippen molar-refractivity contribution in [3.8, 4) is 0 Å². The van der Waals surface area contributed by atoms with Gasteiger partial charge in [0.2, 0.25) is 0 Å². The zero-order valence-electron chi connectivity index (χ0n) is 14.0. The first kappa shape index (κ1) is 18.4. The zero-order valence-corrected chi connectivity index (χ0v) is 14.0. The van der Waals surface area contributed by atoms with Crippen molar-refractivity contribution in [1.29, 1.82) is 0 Å². The van der Waals surface area contributed by atoms with Crippen LogP contribution in [0.5, 0.6) is 0 Å².